The Morgan fingerprint density at radius 3 is 2.51 bits per heavy atom. The van der Waals surface area contributed by atoms with Gasteiger partial charge in [-0.1, -0.05) is 36.4 Å². The number of benzene rings is 2. The van der Waals surface area contributed by atoms with Gasteiger partial charge in [0.25, 0.3) is 5.91 Å². The Morgan fingerprint density at radius 2 is 1.83 bits per heavy atom. The summed E-state index contributed by atoms with van der Waals surface area (Å²) in [5.41, 5.74) is -0.201. The number of carbonyl (C=O) groups is 1. The van der Waals surface area contributed by atoms with Crippen LogP contribution in [0.4, 0.5) is 8.78 Å². The third kappa shape index (κ3) is 6.06. The smallest absolute Gasteiger partial charge is 0.252 e. The topological polar surface area (TPSA) is 66.0 Å². The molecule has 0 spiro atoms. The molecule has 1 aliphatic heterocycles. The molecule has 2 fully saturated rings. The van der Waals surface area contributed by atoms with E-state index in [1.165, 1.54) is 12.1 Å². The second-order valence-corrected chi connectivity index (χ2v) is 10.0. The van der Waals surface area contributed by atoms with E-state index in [0.29, 0.717) is 6.61 Å². The van der Waals surface area contributed by atoms with E-state index in [4.69, 9.17) is 18.9 Å². The van der Waals surface area contributed by atoms with Crippen molar-refractivity contribution in [3.8, 4) is 0 Å². The molecule has 1 amide bonds. The van der Waals surface area contributed by atoms with Gasteiger partial charge in [-0.05, 0) is 39.3 Å². The van der Waals surface area contributed by atoms with Crippen LogP contribution in [0.5, 0.6) is 0 Å². The summed E-state index contributed by atoms with van der Waals surface area (Å²) >= 11 is 0. The van der Waals surface area contributed by atoms with Gasteiger partial charge >= 0.3 is 0 Å². The van der Waals surface area contributed by atoms with E-state index in [1.807, 2.05) is 58.0 Å². The summed E-state index contributed by atoms with van der Waals surface area (Å²) in [5.74, 6) is -2.57. The van der Waals surface area contributed by atoms with Crippen molar-refractivity contribution in [1.82, 2.24) is 5.32 Å². The largest absolute Gasteiger partial charge is 0.371 e. The highest BCUT2D eigenvalue weighted by atomic mass is 19.1. The van der Waals surface area contributed by atoms with Crippen LogP contribution in [0.2, 0.25) is 0 Å². The highest BCUT2D eigenvalue weighted by molar-refractivity contribution is 5.85. The minimum absolute atomic E-state index is 0.135. The number of hydrogen-bond acceptors (Lipinski definition) is 5. The molecule has 1 aliphatic carbocycles. The van der Waals surface area contributed by atoms with Crippen molar-refractivity contribution in [3.63, 3.8) is 0 Å². The number of nitrogens with one attached hydrogen (secondary N) is 1. The van der Waals surface area contributed by atoms with Crippen LogP contribution in [0.15, 0.2) is 48.5 Å². The molecule has 0 unspecified atom stereocenters. The minimum Gasteiger partial charge on any atom is -0.371 e. The molecule has 0 bridgehead atoms. The van der Waals surface area contributed by atoms with Gasteiger partial charge in [0.1, 0.15) is 17.7 Å². The average molecular weight is 490 g/mol. The number of hydrogen-bond donors (Lipinski definition) is 1. The second-order valence-electron chi connectivity index (χ2n) is 10.0. The summed E-state index contributed by atoms with van der Waals surface area (Å²) in [7, 11) is 0. The van der Waals surface area contributed by atoms with Crippen LogP contribution >= 0.6 is 0 Å². The number of ether oxygens (including phenoxy) is 4. The van der Waals surface area contributed by atoms with Crippen molar-refractivity contribution in [2.75, 3.05) is 0 Å². The molecule has 1 N–H and O–H groups in total. The number of carbonyl (C=O) groups excluding carboxylic acids is 1. The van der Waals surface area contributed by atoms with E-state index in [-0.39, 0.29) is 43.1 Å². The Labute approximate surface area is 204 Å². The van der Waals surface area contributed by atoms with Crippen molar-refractivity contribution < 1.29 is 32.5 Å². The maximum absolute atomic E-state index is 14.4. The van der Waals surface area contributed by atoms with Crippen LogP contribution in [-0.2, 0) is 37.0 Å². The molecular weight excluding hydrogens is 456 g/mol. The second kappa shape index (κ2) is 10.3. The molecular formula is C27H33F2NO5. The minimum atomic E-state index is -1.35. The van der Waals surface area contributed by atoms with E-state index in [0.717, 1.165) is 11.6 Å². The lowest BCUT2D eigenvalue weighted by atomic mass is 9.78. The number of rotatable bonds is 8. The Morgan fingerprint density at radius 1 is 1.09 bits per heavy atom. The zero-order valence-corrected chi connectivity index (χ0v) is 20.6. The summed E-state index contributed by atoms with van der Waals surface area (Å²) in [6.07, 6.45) is -0.947. The summed E-state index contributed by atoms with van der Waals surface area (Å²) in [4.78, 5) is 13.5. The zero-order chi connectivity index (χ0) is 25.2. The molecule has 1 saturated carbocycles. The van der Waals surface area contributed by atoms with E-state index >= 15 is 0 Å². The molecule has 6 nitrogen and oxygen atoms in total. The maximum atomic E-state index is 14.4. The van der Waals surface area contributed by atoms with E-state index in [9.17, 15) is 13.6 Å². The molecule has 8 heteroatoms. The van der Waals surface area contributed by atoms with Crippen LogP contribution in [0, 0.1) is 11.6 Å². The van der Waals surface area contributed by atoms with Gasteiger partial charge in [0.15, 0.2) is 11.4 Å². The summed E-state index contributed by atoms with van der Waals surface area (Å²) < 4.78 is 52.6. The van der Waals surface area contributed by atoms with Crippen molar-refractivity contribution in [2.24, 2.45) is 0 Å². The lowest BCUT2D eigenvalue weighted by molar-refractivity contribution is -0.184. The van der Waals surface area contributed by atoms with Gasteiger partial charge in [0.05, 0.1) is 25.4 Å². The average Bonchev–Trinajstić information content (AvgIpc) is 3.10. The molecule has 35 heavy (non-hydrogen) atoms. The van der Waals surface area contributed by atoms with Gasteiger partial charge in [-0.3, -0.25) is 4.79 Å². The Kier molecular flexibility index (Phi) is 7.57. The molecule has 4 atom stereocenters. The first-order valence-corrected chi connectivity index (χ1v) is 12.0. The molecule has 2 aromatic carbocycles. The highest BCUT2D eigenvalue weighted by Gasteiger charge is 2.58. The number of halogens is 2. The summed E-state index contributed by atoms with van der Waals surface area (Å²) in [5, 5.41) is 2.94. The van der Waals surface area contributed by atoms with Crippen LogP contribution in [-0.4, -0.2) is 41.6 Å². The standard InChI is InChI=1S/C27H33F2NO5/c1-17(2)30-25(31)27(33-16-19-10-11-20(28)12-21(19)29)13-22(32-15-18-8-6-5-7-9-18)24-23(14-27)34-26(3,4)35-24/h5-12,17,22-24H,13-16H2,1-4H3,(H,30,31)/t22-,23-,24+,27-/m1/s1. The number of amides is 1. The maximum Gasteiger partial charge on any atom is 0.252 e. The molecule has 190 valence electrons. The molecule has 0 aromatic heterocycles. The van der Waals surface area contributed by atoms with Crippen LogP contribution in [0.3, 0.4) is 0 Å². The summed E-state index contributed by atoms with van der Waals surface area (Å²) in [6.45, 7) is 7.49. The normalized spacial score (nSPS) is 27.6. The molecule has 2 aliphatic rings. The molecule has 4 rings (SSSR count). The van der Waals surface area contributed by atoms with E-state index in [2.05, 4.69) is 5.32 Å². The first kappa shape index (κ1) is 25.7. The van der Waals surface area contributed by atoms with Gasteiger partial charge in [-0.15, -0.1) is 0 Å². The fourth-order valence-electron chi connectivity index (χ4n) is 4.73. The van der Waals surface area contributed by atoms with Gasteiger partial charge < -0.3 is 24.3 Å². The van der Waals surface area contributed by atoms with Crippen molar-refractivity contribution in [1.29, 1.82) is 0 Å². The van der Waals surface area contributed by atoms with Crippen molar-refractivity contribution in [2.45, 2.75) is 89.5 Å². The van der Waals surface area contributed by atoms with Gasteiger partial charge in [0, 0.05) is 30.5 Å². The predicted molar refractivity (Wildman–Crippen MR) is 125 cm³/mol. The number of fused-ring (bicyclic) bond motifs is 1. The van der Waals surface area contributed by atoms with Gasteiger partial charge in [-0.2, -0.15) is 0 Å². The van der Waals surface area contributed by atoms with Gasteiger partial charge in [-0.25, -0.2) is 8.78 Å². The SMILES string of the molecule is CC(C)NC(=O)[C@@]1(OCc2ccc(F)cc2F)C[C@@H](OCc2ccccc2)[C@@H]2OC(C)(C)O[C@@H]2C1. The first-order valence-electron chi connectivity index (χ1n) is 12.0. The summed E-state index contributed by atoms with van der Waals surface area (Å²) in [6, 6.07) is 12.9. The zero-order valence-electron chi connectivity index (χ0n) is 20.6. The third-order valence-corrected chi connectivity index (χ3v) is 6.31. The Bertz CT molecular complexity index is 1030. The van der Waals surface area contributed by atoms with E-state index < -0.39 is 35.2 Å². The third-order valence-electron chi connectivity index (χ3n) is 6.31. The van der Waals surface area contributed by atoms with Crippen LogP contribution < -0.4 is 5.32 Å². The van der Waals surface area contributed by atoms with Crippen LogP contribution in [0.1, 0.15) is 51.7 Å². The molecule has 1 saturated heterocycles. The van der Waals surface area contributed by atoms with Crippen molar-refractivity contribution in [3.05, 3.63) is 71.3 Å². The lowest BCUT2D eigenvalue weighted by Crippen LogP contribution is -2.60. The lowest BCUT2D eigenvalue weighted by Gasteiger charge is -2.43. The Hall–Kier alpha value is -2.39. The molecule has 1 heterocycles. The van der Waals surface area contributed by atoms with E-state index in [1.54, 1.807) is 0 Å². The predicted octanol–water partition coefficient (Wildman–Crippen LogP) is 4.64. The van der Waals surface area contributed by atoms with Crippen LogP contribution in [0.25, 0.3) is 0 Å². The van der Waals surface area contributed by atoms with Gasteiger partial charge in [0.2, 0.25) is 0 Å². The quantitative estimate of drug-likeness (QED) is 0.585. The van der Waals surface area contributed by atoms with Crippen molar-refractivity contribution >= 4 is 5.91 Å². The molecule has 2 aromatic rings. The molecule has 0 radical (unpaired) electrons. The Balaban J connectivity index is 1.62. The fourth-order valence-corrected chi connectivity index (χ4v) is 4.73. The fraction of sp³-hybridized carbons (Fsp3) is 0.519. The monoisotopic (exact) mass is 489 g/mol. The highest BCUT2D eigenvalue weighted by Crippen LogP contribution is 2.44. The first-order chi connectivity index (χ1) is 16.6.